The molecule has 5 aromatic rings. The molecule has 0 aliphatic heterocycles. The molecule has 0 aliphatic carbocycles. The van der Waals surface area contributed by atoms with Crippen molar-refractivity contribution in [3.05, 3.63) is 125 Å². The fourth-order valence-corrected chi connectivity index (χ4v) is 4.85. The molecule has 1 atom stereocenters. The number of rotatable bonds is 7. The number of ether oxygens (including phenoxy) is 1. The average molecular weight is 467 g/mol. The Kier molecular flexibility index (Phi) is 6.23. The van der Waals surface area contributed by atoms with Crippen molar-refractivity contribution in [2.75, 3.05) is 5.32 Å². The molecule has 0 bridgehead atoms. The minimum absolute atomic E-state index is 0.150. The third kappa shape index (κ3) is 4.77. The van der Waals surface area contributed by atoms with E-state index in [1.165, 1.54) is 11.5 Å². The zero-order valence-electron chi connectivity index (χ0n) is 18.3. The lowest BCUT2D eigenvalue weighted by atomic mass is 10.1. The van der Waals surface area contributed by atoms with Crippen LogP contribution in [0.25, 0.3) is 10.1 Å². The Morgan fingerprint density at radius 3 is 2.12 bits per heavy atom. The predicted octanol–water partition coefficient (Wildman–Crippen LogP) is 6.28. The number of carbonyl (C=O) groups is 1. The fourth-order valence-electron chi connectivity index (χ4n) is 3.77. The molecule has 6 heteroatoms. The first-order chi connectivity index (χ1) is 16.7. The van der Waals surface area contributed by atoms with Crippen LogP contribution >= 0.6 is 11.5 Å². The van der Waals surface area contributed by atoms with Gasteiger partial charge in [-0.15, -0.1) is 0 Å². The minimum Gasteiger partial charge on any atom is -0.457 e. The lowest BCUT2D eigenvalue weighted by Crippen LogP contribution is -2.31. The van der Waals surface area contributed by atoms with Crippen LogP contribution in [-0.2, 0) is 11.2 Å². The van der Waals surface area contributed by atoms with Crippen LogP contribution < -0.4 is 15.6 Å². The van der Waals surface area contributed by atoms with Crippen LogP contribution in [0.1, 0.15) is 11.6 Å². The van der Waals surface area contributed by atoms with Gasteiger partial charge < -0.3 is 10.1 Å². The standard InChI is InChI=1S/C28H22N2O3S/c31-27(29-21-15-17-23(18-16-21)33-22-11-5-2-6-12-22)25(19-20-9-3-1-4-10-20)30-28(32)24-13-7-8-14-26(24)34-30/h1-18,25H,19H2,(H,29,31). The number of para-hydroxylation sites is 1. The van der Waals surface area contributed by atoms with E-state index in [1.807, 2.05) is 78.9 Å². The maximum atomic E-state index is 13.4. The van der Waals surface area contributed by atoms with Gasteiger partial charge in [0, 0.05) is 12.1 Å². The van der Waals surface area contributed by atoms with E-state index in [2.05, 4.69) is 5.32 Å². The maximum absolute atomic E-state index is 13.4. The number of amides is 1. The van der Waals surface area contributed by atoms with Crippen molar-refractivity contribution in [1.82, 2.24) is 3.96 Å². The monoisotopic (exact) mass is 466 g/mol. The highest BCUT2D eigenvalue weighted by atomic mass is 32.1. The number of aromatic nitrogens is 1. The lowest BCUT2D eigenvalue weighted by Gasteiger charge is -2.17. The molecule has 5 nitrogen and oxygen atoms in total. The van der Waals surface area contributed by atoms with Crippen LogP contribution in [0.5, 0.6) is 11.5 Å². The molecule has 1 N–H and O–H groups in total. The molecule has 0 fully saturated rings. The second-order valence-electron chi connectivity index (χ2n) is 7.85. The van der Waals surface area contributed by atoms with E-state index in [0.29, 0.717) is 23.2 Å². The zero-order chi connectivity index (χ0) is 23.3. The first kappa shape index (κ1) is 21.7. The summed E-state index contributed by atoms with van der Waals surface area (Å²) in [6.07, 6.45) is 0.411. The Hall–Kier alpha value is -4.16. The number of carbonyl (C=O) groups excluding carboxylic acids is 1. The molecule has 1 amide bonds. The Morgan fingerprint density at radius 2 is 1.41 bits per heavy atom. The molecule has 4 aromatic carbocycles. The summed E-state index contributed by atoms with van der Waals surface area (Å²) < 4.78 is 8.27. The Morgan fingerprint density at radius 1 is 0.794 bits per heavy atom. The van der Waals surface area contributed by atoms with Gasteiger partial charge in [0.15, 0.2) is 0 Å². The Labute approximate surface area is 201 Å². The number of benzene rings is 4. The average Bonchev–Trinajstić information content (AvgIpc) is 3.21. The molecule has 0 radical (unpaired) electrons. The van der Waals surface area contributed by atoms with Crippen molar-refractivity contribution in [3.63, 3.8) is 0 Å². The summed E-state index contributed by atoms with van der Waals surface area (Å²) in [6.45, 7) is 0. The van der Waals surface area contributed by atoms with E-state index in [-0.39, 0.29) is 11.5 Å². The normalized spacial score (nSPS) is 11.8. The number of nitrogens with zero attached hydrogens (tertiary/aromatic N) is 1. The molecule has 1 unspecified atom stereocenters. The second kappa shape index (κ2) is 9.77. The van der Waals surface area contributed by atoms with Gasteiger partial charge in [0.2, 0.25) is 5.91 Å². The van der Waals surface area contributed by atoms with Crippen LogP contribution in [0.4, 0.5) is 5.69 Å². The van der Waals surface area contributed by atoms with Crippen LogP contribution in [0.3, 0.4) is 0 Å². The van der Waals surface area contributed by atoms with Gasteiger partial charge in [-0.3, -0.25) is 13.5 Å². The molecule has 0 saturated heterocycles. The quantitative estimate of drug-likeness (QED) is 0.307. The molecule has 0 aliphatic rings. The topological polar surface area (TPSA) is 60.3 Å². The summed E-state index contributed by atoms with van der Waals surface area (Å²) in [7, 11) is 0. The highest BCUT2D eigenvalue weighted by molar-refractivity contribution is 7.14. The van der Waals surface area contributed by atoms with E-state index < -0.39 is 6.04 Å². The Bertz CT molecular complexity index is 1460. The summed E-state index contributed by atoms with van der Waals surface area (Å²) in [4.78, 5) is 26.5. The number of nitrogens with one attached hydrogen (secondary N) is 1. The zero-order valence-corrected chi connectivity index (χ0v) is 19.1. The van der Waals surface area contributed by atoms with Gasteiger partial charge in [0.05, 0.1) is 10.1 Å². The number of hydrogen-bond acceptors (Lipinski definition) is 4. The maximum Gasteiger partial charge on any atom is 0.269 e. The molecule has 34 heavy (non-hydrogen) atoms. The summed E-state index contributed by atoms with van der Waals surface area (Å²) in [5.41, 5.74) is 1.47. The predicted molar refractivity (Wildman–Crippen MR) is 137 cm³/mol. The summed E-state index contributed by atoms with van der Waals surface area (Å²) in [5.74, 6) is 1.17. The molecule has 1 aromatic heterocycles. The molecule has 0 saturated carbocycles. The van der Waals surface area contributed by atoms with E-state index in [4.69, 9.17) is 4.74 Å². The van der Waals surface area contributed by atoms with E-state index in [1.54, 1.807) is 34.3 Å². The Balaban J connectivity index is 1.40. The van der Waals surface area contributed by atoms with E-state index in [9.17, 15) is 9.59 Å². The van der Waals surface area contributed by atoms with Crippen LogP contribution in [0.2, 0.25) is 0 Å². The smallest absolute Gasteiger partial charge is 0.269 e. The fraction of sp³-hybridized carbons (Fsp3) is 0.0714. The largest absolute Gasteiger partial charge is 0.457 e. The lowest BCUT2D eigenvalue weighted by molar-refractivity contribution is -0.119. The summed E-state index contributed by atoms with van der Waals surface area (Å²) in [6, 6.07) is 33.2. The highest BCUT2D eigenvalue weighted by Crippen LogP contribution is 2.26. The van der Waals surface area contributed by atoms with Crippen molar-refractivity contribution >= 4 is 33.2 Å². The minimum atomic E-state index is -0.674. The van der Waals surface area contributed by atoms with Gasteiger partial charge in [-0.25, -0.2) is 0 Å². The van der Waals surface area contributed by atoms with Crippen LogP contribution in [0.15, 0.2) is 114 Å². The number of fused-ring (bicyclic) bond motifs is 1. The van der Waals surface area contributed by atoms with Gasteiger partial charge in [-0.2, -0.15) is 0 Å². The van der Waals surface area contributed by atoms with Crippen molar-refractivity contribution in [1.29, 1.82) is 0 Å². The molecular formula is C28H22N2O3S. The molecule has 1 heterocycles. The van der Waals surface area contributed by atoms with Crippen molar-refractivity contribution in [2.24, 2.45) is 0 Å². The second-order valence-corrected chi connectivity index (χ2v) is 8.87. The highest BCUT2D eigenvalue weighted by Gasteiger charge is 2.25. The van der Waals surface area contributed by atoms with Gasteiger partial charge in [-0.05, 0) is 54.1 Å². The van der Waals surface area contributed by atoms with Crippen molar-refractivity contribution in [3.8, 4) is 11.5 Å². The number of hydrogen-bond donors (Lipinski definition) is 1. The third-order valence-electron chi connectivity index (χ3n) is 5.47. The van der Waals surface area contributed by atoms with Gasteiger partial charge in [0.25, 0.3) is 5.56 Å². The first-order valence-corrected chi connectivity index (χ1v) is 11.7. The number of anilines is 1. The third-order valence-corrected chi connectivity index (χ3v) is 6.64. The van der Waals surface area contributed by atoms with Crippen molar-refractivity contribution < 1.29 is 9.53 Å². The van der Waals surface area contributed by atoms with Crippen molar-refractivity contribution in [2.45, 2.75) is 12.5 Å². The molecule has 0 spiro atoms. The summed E-state index contributed by atoms with van der Waals surface area (Å²) >= 11 is 1.32. The van der Waals surface area contributed by atoms with Gasteiger partial charge in [0.1, 0.15) is 17.5 Å². The van der Waals surface area contributed by atoms with E-state index in [0.717, 1.165) is 16.0 Å². The van der Waals surface area contributed by atoms with Gasteiger partial charge >= 0.3 is 0 Å². The molecule has 5 rings (SSSR count). The molecule has 168 valence electrons. The summed E-state index contributed by atoms with van der Waals surface area (Å²) in [5, 5.41) is 3.60. The first-order valence-electron chi connectivity index (χ1n) is 11.0. The van der Waals surface area contributed by atoms with Crippen LogP contribution in [-0.4, -0.2) is 9.86 Å². The van der Waals surface area contributed by atoms with Gasteiger partial charge in [-0.1, -0.05) is 72.2 Å². The SMILES string of the molecule is O=C(Nc1ccc(Oc2ccccc2)cc1)C(Cc1ccccc1)n1sc2ccccc2c1=O. The van der Waals surface area contributed by atoms with Crippen LogP contribution in [0, 0.1) is 0 Å². The van der Waals surface area contributed by atoms with E-state index >= 15 is 0 Å². The molecular weight excluding hydrogens is 444 g/mol.